The number of nitrogens with zero attached hydrogens (tertiary/aromatic N) is 2. The van der Waals surface area contributed by atoms with E-state index in [0.717, 1.165) is 84.0 Å². The van der Waals surface area contributed by atoms with Crippen LogP contribution in [0.1, 0.15) is 11.4 Å². The molecular formula is C26H31N5O2. The van der Waals surface area contributed by atoms with Crippen LogP contribution in [-0.2, 0) is 13.1 Å². The number of benzene rings is 2. The Morgan fingerprint density at radius 3 is 1.48 bits per heavy atom. The summed E-state index contributed by atoms with van der Waals surface area (Å²) in [5.74, 6) is 1.70. The lowest BCUT2D eigenvalue weighted by atomic mass is 10.2. The molecular weight excluding hydrogens is 414 g/mol. The van der Waals surface area contributed by atoms with E-state index in [1.165, 1.54) is 0 Å². The molecule has 7 nitrogen and oxygen atoms in total. The third-order valence-corrected chi connectivity index (χ3v) is 5.48. The quantitative estimate of drug-likeness (QED) is 0.289. The van der Waals surface area contributed by atoms with E-state index in [-0.39, 0.29) is 0 Å². The summed E-state index contributed by atoms with van der Waals surface area (Å²) in [5, 5.41) is 12.5. The molecule has 0 aliphatic heterocycles. The van der Waals surface area contributed by atoms with E-state index in [1.807, 2.05) is 36.4 Å². The van der Waals surface area contributed by atoms with Crippen molar-refractivity contribution in [3.63, 3.8) is 0 Å². The smallest absolute Gasteiger partial charge is 0.119 e. The second-order valence-corrected chi connectivity index (χ2v) is 7.83. The Bertz CT molecular complexity index is 1100. The molecule has 7 heteroatoms. The van der Waals surface area contributed by atoms with Gasteiger partial charge in [0.15, 0.2) is 0 Å². The largest absolute Gasteiger partial charge is 0.497 e. The van der Waals surface area contributed by atoms with Crippen molar-refractivity contribution in [3.8, 4) is 11.5 Å². The Hall–Kier alpha value is -3.26. The van der Waals surface area contributed by atoms with Crippen molar-refractivity contribution in [3.05, 3.63) is 72.1 Å². The van der Waals surface area contributed by atoms with E-state index < -0.39 is 0 Å². The average Bonchev–Trinajstić information content (AvgIpc) is 2.86. The highest BCUT2D eigenvalue weighted by Gasteiger charge is 2.02. The van der Waals surface area contributed by atoms with Crippen molar-refractivity contribution in [2.75, 3.05) is 40.4 Å². The lowest BCUT2D eigenvalue weighted by molar-refractivity contribution is 0.415. The van der Waals surface area contributed by atoms with Gasteiger partial charge in [0.25, 0.3) is 0 Å². The van der Waals surface area contributed by atoms with Gasteiger partial charge in [0.2, 0.25) is 0 Å². The predicted octanol–water partition coefficient (Wildman–Crippen LogP) is 3.27. The minimum Gasteiger partial charge on any atom is -0.497 e. The van der Waals surface area contributed by atoms with Gasteiger partial charge < -0.3 is 25.4 Å². The summed E-state index contributed by atoms with van der Waals surface area (Å²) in [6, 6.07) is 20.2. The first kappa shape index (κ1) is 22.9. The molecule has 172 valence electrons. The van der Waals surface area contributed by atoms with Crippen LogP contribution in [0, 0.1) is 0 Å². The van der Waals surface area contributed by atoms with E-state index >= 15 is 0 Å². The molecule has 0 aliphatic carbocycles. The normalized spacial score (nSPS) is 11.2. The number of rotatable bonds is 12. The molecule has 33 heavy (non-hydrogen) atoms. The van der Waals surface area contributed by atoms with E-state index in [0.29, 0.717) is 0 Å². The van der Waals surface area contributed by atoms with Gasteiger partial charge in [-0.15, -0.1) is 0 Å². The first-order chi connectivity index (χ1) is 16.2. The zero-order valence-electron chi connectivity index (χ0n) is 19.2. The highest BCUT2D eigenvalue weighted by Crippen LogP contribution is 2.20. The molecule has 0 aliphatic rings. The second kappa shape index (κ2) is 11.6. The fourth-order valence-corrected chi connectivity index (χ4v) is 3.65. The Labute approximate surface area is 194 Å². The van der Waals surface area contributed by atoms with Gasteiger partial charge in [-0.3, -0.25) is 9.97 Å². The third kappa shape index (κ3) is 6.38. The number of hydrogen-bond acceptors (Lipinski definition) is 7. The number of pyridine rings is 2. The first-order valence-electron chi connectivity index (χ1n) is 11.2. The van der Waals surface area contributed by atoms with Gasteiger partial charge in [-0.05, 0) is 48.5 Å². The van der Waals surface area contributed by atoms with E-state index in [2.05, 4.69) is 40.2 Å². The molecule has 2 aromatic carbocycles. The maximum atomic E-state index is 5.27. The van der Waals surface area contributed by atoms with Crippen molar-refractivity contribution in [2.24, 2.45) is 0 Å². The Morgan fingerprint density at radius 2 is 1.03 bits per heavy atom. The zero-order chi connectivity index (χ0) is 22.9. The van der Waals surface area contributed by atoms with E-state index in [9.17, 15) is 0 Å². The lowest BCUT2D eigenvalue weighted by Gasteiger charge is -2.09. The SMILES string of the molecule is COc1ccc2nc(CNCCNCCNCc3ccc4cc(OC)ccc4n3)ccc2c1. The van der Waals surface area contributed by atoms with Gasteiger partial charge in [0.05, 0.1) is 36.6 Å². The maximum Gasteiger partial charge on any atom is 0.119 e. The molecule has 0 radical (unpaired) electrons. The number of fused-ring (bicyclic) bond motifs is 2. The van der Waals surface area contributed by atoms with Crippen LogP contribution in [0.15, 0.2) is 60.7 Å². The maximum absolute atomic E-state index is 5.27. The summed E-state index contributed by atoms with van der Waals surface area (Å²) in [6.07, 6.45) is 0. The summed E-state index contributed by atoms with van der Waals surface area (Å²) in [7, 11) is 3.36. The third-order valence-electron chi connectivity index (χ3n) is 5.48. The van der Waals surface area contributed by atoms with E-state index in [4.69, 9.17) is 19.4 Å². The van der Waals surface area contributed by atoms with Gasteiger partial charge in [-0.1, -0.05) is 12.1 Å². The van der Waals surface area contributed by atoms with Gasteiger partial charge >= 0.3 is 0 Å². The molecule has 0 unspecified atom stereocenters. The van der Waals surface area contributed by atoms with Crippen molar-refractivity contribution < 1.29 is 9.47 Å². The van der Waals surface area contributed by atoms with Crippen LogP contribution in [-0.4, -0.2) is 50.4 Å². The number of aromatic nitrogens is 2. The standard InChI is InChI=1S/C26H31N5O2/c1-32-23-7-9-25-19(15-23)3-5-21(30-25)17-28-13-11-27-12-14-29-18-22-6-4-20-16-24(33-2)8-10-26(20)31-22/h3-10,15-16,27-29H,11-14,17-18H2,1-2H3. The van der Waals surface area contributed by atoms with Gasteiger partial charge in [0.1, 0.15) is 11.5 Å². The summed E-state index contributed by atoms with van der Waals surface area (Å²) in [5.41, 5.74) is 4.05. The van der Waals surface area contributed by atoms with Crippen LogP contribution in [0.5, 0.6) is 11.5 Å². The fraction of sp³-hybridized carbons (Fsp3) is 0.308. The van der Waals surface area contributed by atoms with Gasteiger partial charge in [-0.2, -0.15) is 0 Å². The molecule has 0 amide bonds. The second-order valence-electron chi connectivity index (χ2n) is 7.83. The molecule has 0 spiro atoms. The monoisotopic (exact) mass is 445 g/mol. The van der Waals surface area contributed by atoms with Crippen molar-refractivity contribution in [2.45, 2.75) is 13.1 Å². The number of nitrogens with one attached hydrogen (secondary N) is 3. The minimum absolute atomic E-state index is 0.751. The van der Waals surface area contributed by atoms with Crippen LogP contribution in [0.4, 0.5) is 0 Å². The Morgan fingerprint density at radius 1 is 0.576 bits per heavy atom. The Balaban J connectivity index is 1.10. The highest BCUT2D eigenvalue weighted by atomic mass is 16.5. The molecule has 4 rings (SSSR count). The van der Waals surface area contributed by atoms with Crippen LogP contribution < -0.4 is 25.4 Å². The summed E-state index contributed by atoms with van der Waals surface area (Å²) in [4.78, 5) is 9.41. The van der Waals surface area contributed by atoms with Crippen LogP contribution in [0.2, 0.25) is 0 Å². The molecule has 2 aromatic heterocycles. The zero-order valence-corrected chi connectivity index (χ0v) is 19.2. The van der Waals surface area contributed by atoms with Crippen LogP contribution >= 0.6 is 0 Å². The summed E-state index contributed by atoms with van der Waals surface area (Å²) in [6.45, 7) is 5.09. The average molecular weight is 446 g/mol. The lowest BCUT2D eigenvalue weighted by Crippen LogP contribution is -2.32. The summed E-state index contributed by atoms with van der Waals surface area (Å²) < 4.78 is 10.5. The summed E-state index contributed by atoms with van der Waals surface area (Å²) >= 11 is 0. The van der Waals surface area contributed by atoms with Crippen molar-refractivity contribution >= 4 is 21.8 Å². The molecule has 4 aromatic rings. The predicted molar refractivity (Wildman–Crippen MR) is 133 cm³/mol. The molecule has 2 heterocycles. The topological polar surface area (TPSA) is 80.3 Å². The van der Waals surface area contributed by atoms with E-state index in [1.54, 1.807) is 14.2 Å². The van der Waals surface area contributed by atoms with Crippen molar-refractivity contribution in [1.29, 1.82) is 0 Å². The molecule has 0 saturated heterocycles. The molecule has 0 bridgehead atoms. The number of ether oxygens (including phenoxy) is 2. The minimum atomic E-state index is 0.751. The molecule has 3 N–H and O–H groups in total. The highest BCUT2D eigenvalue weighted by molar-refractivity contribution is 5.81. The van der Waals surface area contributed by atoms with Crippen LogP contribution in [0.3, 0.4) is 0 Å². The van der Waals surface area contributed by atoms with Gasteiger partial charge in [-0.25, -0.2) is 0 Å². The molecule has 0 atom stereocenters. The molecule has 0 fully saturated rings. The number of methoxy groups -OCH3 is 2. The molecule has 0 saturated carbocycles. The van der Waals surface area contributed by atoms with Crippen LogP contribution in [0.25, 0.3) is 21.8 Å². The Kier molecular flexibility index (Phi) is 8.03. The van der Waals surface area contributed by atoms with Crippen molar-refractivity contribution in [1.82, 2.24) is 25.9 Å². The first-order valence-corrected chi connectivity index (χ1v) is 11.2. The fourth-order valence-electron chi connectivity index (χ4n) is 3.65. The van der Waals surface area contributed by atoms with Gasteiger partial charge in [0, 0.05) is 50.0 Å². The number of hydrogen-bond donors (Lipinski definition) is 3.